The number of sulfonamides is 1. The minimum absolute atomic E-state index is 0.0204. The smallest absolute Gasteiger partial charge is 0.263 e. The Morgan fingerprint density at radius 1 is 1.14 bits per heavy atom. The molecule has 0 aliphatic carbocycles. The number of methoxy groups -OCH3 is 2. The minimum atomic E-state index is -3.93. The molecule has 0 aromatic heterocycles. The van der Waals surface area contributed by atoms with Crippen LogP contribution in [0.3, 0.4) is 0 Å². The number of ether oxygens (including phenoxy) is 2. The van der Waals surface area contributed by atoms with Crippen LogP contribution in [-0.2, 0) is 21.2 Å². The van der Waals surface area contributed by atoms with Crippen LogP contribution in [0.2, 0.25) is 0 Å². The highest BCUT2D eigenvalue weighted by Crippen LogP contribution is 2.38. The fourth-order valence-electron chi connectivity index (χ4n) is 3.38. The Balaban J connectivity index is 2.03. The number of amides is 1. The fraction of sp³-hybridized carbons (Fsp3) is 0.316. The van der Waals surface area contributed by atoms with Gasteiger partial charge in [0.2, 0.25) is 5.91 Å². The molecule has 2 aromatic carbocycles. The highest BCUT2D eigenvalue weighted by atomic mass is 79.9. The third kappa shape index (κ3) is 3.81. The summed E-state index contributed by atoms with van der Waals surface area (Å²) in [7, 11) is -0.953. The van der Waals surface area contributed by atoms with E-state index < -0.39 is 10.0 Å². The van der Waals surface area contributed by atoms with Gasteiger partial charge in [0, 0.05) is 41.3 Å². The number of benzene rings is 2. The van der Waals surface area contributed by atoms with Crippen molar-refractivity contribution in [2.45, 2.75) is 31.2 Å². The van der Waals surface area contributed by atoms with Crippen LogP contribution in [-0.4, -0.2) is 34.6 Å². The summed E-state index contributed by atoms with van der Waals surface area (Å²) in [5.41, 5.74) is 1.85. The Morgan fingerprint density at radius 2 is 1.75 bits per heavy atom. The van der Waals surface area contributed by atoms with Crippen molar-refractivity contribution in [3.63, 3.8) is 0 Å². The average Bonchev–Trinajstić information content (AvgIpc) is 2.94. The van der Waals surface area contributed by atoms with Gasteiger partial charge in [0.05, 0.1) is 19.9 Å². The van der Waals surface area contributed by atoms with Gasteiger partial charge < -0.3 is 14.4 Å². The first-order valence-corrected chi connectivity index (χ1v) is 10.8. The first-order valence-electron chi connectivity index (χ1n) is 8.54. The summed E-state index contributed by atoms with van der Waals surface area (Å²) in [4.78, 5) is 13.7. The zero-order valence-corrected chi connectivity index (χ0v) is 18.3. The van der Waals surface area contributed by atoms with Gasteiger partial charge in [-0.05, 0) is 47.0 Å². The number of halogens is 1. The number of hydrogen-bond donors (Lipinski definition) is 1. The minimum Gasteiger partial charge on any atom is -0.497 e. The fourth-order valence-corrected chi connectivity index (χ4v) is 5.53. The van der Waals surface area contributed by atoms with E-state index in [1.807, 2.05) is 6.92 Å². The zero-order chi connectivity index (χ0) is 20.6. The summed E-state index contributed by atoms with van der Waals surface area (Å²) in [6.45, 7) is 3.41. The van der Waals surface area contributed by atoms with Crippen molar-refractivity contribution in [1.82, 2.24) is 0 Å². The molecule has 0 saturated carbocycles. The van der Waals surface area contributed by atoms with Crippen LogP contribution < -0.4 is 19.1 Å². The highest BCUT2D eigenvalue weighted by Gasteiger charge is 2.32. The second kappa shape index (κ2) is 7.63. The predicted octanol–water partition coefficient (Wildman–Crippen LogP) is 3.56. The van der Waals surface area contributed by atoms with Crippen LogP contribution in [0.4, 0.5) is 11.4 Å². The number of nitrogens with one attached hydrogen (secondary N) is 1. The summed E-state index contributed by atoms with van der Waals surface area (Å²) in [6.07, 6.45) is 0.675. The summed E-state index contributed by atoms with van der Waals surface area (Å²) in [5, 5.41) is 0. The van der Waals surface area contributed by atoms with Crippen LogP contribution in [0.1, 0.15) is 19.4 Å². The second-order valence-electron chi connectivity index (χ2n) is 6.56. The van der Waals surface area contributed by atoms with Crippen molar-refractivity contribution < 1.29 is 22.7 Å². The van der Waals surface area contributed by atoms with Gasteiger partial charge in [0.15, 0.2) is 0 Å². The van der Waals surface area contributed by atoms with E-state index in [9.17, 15) is 13.2 Å². The monoisotopic (exact) mass is 468 g/mol. The number of nitrogens with zero attached hydrogens (tertiary/aromatic N) is 1. The molecule has 1 aliphatic heterocycles. The molecule has 1 amide bonds. The number of anilines is 2. The molecular formula is C19H21BrN2O5S. The van der Waals surface area contributed by atoms with E-state index in [4.69, 9.17) is 9.47 Å². The molecule has 7 nitrogen and oxygen atoms in total. The lowest BCUT2D eigenvalue weighted by atomic mass is 10.1. The average molecular weight is 469 g/mol. The molecule has 2 aromatic rings. The van der Waals surface area contributed by atoms with Crippen molar-refractivity contribution in [2.75, 3.05) is 23.8 Å². The third-order valence-electron chi connectivity index (χ3n) is 4.58. The predicted molar refractivity (Wildman–Crippen MR) is 111 cm³/mol. The van der Waals surface area contributed by atoms with Gasteiger partial charge in [-0.25, -0.2) is 8.42 Å². The molecule has 1 unspecified atom stereocenters. The highest BCUT2D eigenvalue weighted by molar-refractivity contribution is 9.10. The second-order valence-corrected chi connectivity index (χ2v) is 9.07. The molecule has 0 saturated heterocycles. The van der Waals surface area contributed by atoms with Gasteiger partial charge in [0.25, 0.3) is 10.0 Å². The van der Waals surface area contributed by atoms with E-state index in [0.29, 0.717) is 33.8 Å². The molecule has 0 bridgehead atoms. The summed E-state index contributed by atoms with van der Waals surface area (Å²) in [6, 6.07) is 8.04. The molecule has 9 heteroatoms. The van der Waals surface area contributed by atoms with E-state index in [1.54, 1.807) is 29.2 Å². The Hall–Kier alpha value is -2.26. The molecule has 3 rings (SSSR count). The van der Waals surface area contributed by atoms with Crippen molar-refractivity contribution in [3.8, 4) is 11.5 Å². The summed E-state index contributed by atoms with van der Waals surface area (Å²) in [5.74, 6) is 0.797. The van der Waals surface area contributed by atoms with Gasteiger partial charge >= 0.3 is 0 Å². The zero-order valence-electron chi connectivity index (χ0n) is 15.9. The van der Waals surface area contributed by atoms with Crippen molar-refractivity contribution >= 4 is 43.2 Å². The standard InChI is InChI=1S/C19H21BrN2O5S/c1-11-5-13-6-17(20)19(10-18(13)22(11)12(2)23)28(24,25)21-14-7-15(26-3)9-16(8-14)27-4/h6-11,21H,5H2,1-4H3. The lowest BCUT2D eigenvalue weighted by Gasteiger charge is -2.21. The molecule has 0 spiro atoms. The number of rotatable bonds is 5. The lowest BCUT2D eigenvalue weighted by Crippen LogP contribution is -2.33. The molecular weight excluding hydrogens is 448 g/mol. The van der Waals surface area contributed by atoms with E-state index in [1.165, 1.54) is 27.2 Å². The number of hydrogen-bond acceptors (Lipinski definition) is 5. The molecule has 1 heterocycles. The molecule has 1 atom stereocenters. The van der Waals surface area contributed by atoms with Gasteiger partial charge in [-0.15, -0.1) is 0 Å². The lowest BCUT2D eigenvalue weighted by molar-refractivity contribution is -0.116. The van der Waals surface area contributed by atoms with Gasteiger partial charge in [-0.1, -0.05) is 0 Å². The number of fused-ring (bicyclic) bond motifs is 1. The SMILES string of the molecule is COc1cc(NS(=O)(=O)c2cc3c(cc2Br)CC(C)N3C(C)=O)cc(OC)c1. The van der Waals surface area contributed by atoms with Gasteiger partial charge in [-0.3, -0.25) is 9.52 Å². The first-order chi connectivity index (χ1) is 13.2. The Labute approximate surface area is 172 Å². The topological polar surface area (TPSA) is 84.9 Å². The Kier molecular flexibility index (Phi) is 5.58. The van der Waals surface area contributed by atoms with E-state index in [2.05, 4.69) is 20.7 Å². The maximum Gasteiger partial charge on any atom is 0.263 e. The Morgan fingerprint density at radius 3 is 2.29 bits per heavy atom. The maximum atomic E-state index is 13.1. The molecule has 1 aliphatic rings. The van der Waals surface area contributed by atoms with Crippen molar-refractivity contribution in [3.05, 3.63) is 40.4 Å². The van der Waals surface area contributed by atoms with Crippen LogP contribution in [0, 0.1) is 0 Å². The number of carbonyl (C=O) groups is 1. The quantitative estimate of drug-likeness (QED) is 0.724. The van der Waals surface area contributed by atoms with E-state index in [-0.39, 0.29) is 16.8 Å². The maximum absolute atomic E-state index is 13.1. The summed E-state index contributed by atoms with van der Waals surface area (Å²) < 4.78 is 39.5. The van der Waals surface area contributed by atoms with Crippen LogP contribution in [0.15, 0.2) is 39.7 Å². The number of carbonyl (C=O) groups excluding carboxylic acids is 1. The van der Waals surface area contributed by atoms with Crippen LogP contribution in [0.5, 0.6) is 11.5 Å². The molecule has 0 fully saturated rings. The van der Waals surface area contributed by atoms with Gasteiger partial charge in [0.1, 0.15) is 16.4 Å². The van der Waals surface area contributed by atoms with Crippen LogP contribution >= 0.6 is 15.9 Å². The molecule has 0 radical (unpaired) electrons. The normalized spacial score (nSPS) is 15.9. The largest absolute Gasteiger partial charge is 0.497 e. The van der Waals surface area contributed by atoms with E-state index >= 15 is 0 Å². The molecule has 1 N–H and O–H groups in total. The molecule has 28 heavy (non-hydrogen) atoms. The van der Waals surface area contributed by atoms with E-state index in [0.717, 1.165) is 5.56 Å². The van der Waals surface area contributed by atoms with Gasteiger partial charge in [-0.2, -0.15) is 0 Å². The first kappa shape index (κ1) is 20.5. The van der Waals surface area contributed by atoms with Crippen molar-refractivity contribution in [1.29, 1.82) is 0 Å². The third-order valence-corrected chi connectivity index (χ3v) is 6.92. The molecule has 150 valence electrons. The van der Waals surface area contributed by atoms with Crippen LogP contribution in [0.25, 0.3) is 0 Å². The van der Waals surface area contributed by atoms with Crippen molar-refractivity contribution in [2.24, 2.45) is 0 Å². The summed E-state index contributed by atoms with van der Waals surface area (Å²) >= 11 is 3.36. The Bertz CT molecular complexity index is 1020.